The molecule has 4 atom stereocenters. The van der Waals surface area contributed by atoms with Crippen LogP contribution in [0.2, 0.25) is 0 Å². The van der Waals surface area contributed by atoms with Crippen LogP contribution in [-0.4, -0.2) is 5.97 Å². The summed E-state index contributed by atoms with van der Waals surface area (Å²) in [4.78, 5) is 12.4. The first kappa shape index (κ1) is 20.3. The predicted octanol–water partition coefficient (Wildman–Crippen LogP) is 6.40. The van der Waals surface area contributed by atoms with Gasteiger partial charge in [-0.3, -0.25) is 0 Å². The van der Waals surface area contributed by atoms with E-state index in [9.17, 15) is 9.18 Å². The lowest BCUT2D eigenvalue weighted by Gasteiger charge is -2.41. The number of carbonyl (C=O) groups excluding carboxylic acids is 1. The molecule has 2 aromatic carbocycles. The lowest BCUT2D eigenvalue weighted by Crippen LogP contribution is -2.30. The summed E-state index contributed by atoms with van der Waals surface area (Å²) in [6.45, 7) is 3.95. The van der Waals surface area contributed by atoms with E-state index in [1.807, 2.05) is 6.07 Å². The number of rotatable bonds is 4. The van der Waals surface area contributed by atoms with E-state index >= 15 is 0 Å². The highest BCUT2D eigenvalue weighted by Gasteiger charge is 2.36. The van der Waals surface area contributed by atoms with Crippen LogP contribution < -0.4 is 4.74 Å². The van der Waals surface area contributed by atoms with Gasteiger partial charge in [0.05, 0.1) is 17.2 Å². The molecular formula is C26H26FNO2. The first-order valence-corrected chi connectivity index (χ1v) is 10.7. The molecule has 0 amide bonds. The van der Waals surface area contributed by atoms with Crippen molar-refractivity contribution in [1.82, 2.24) is 0 Å². The van der Waals surface area contributed by atoms with E-state index in [-0.39, 0.29) is 17.3 Å². The molecule has 2 aliphatic rings. The van der Waals surface area contributed by atoms with E-state index in [2.05, 4.69) is 12.7 Å². The van der Waals surface area contributed by atoms with Gasteiger partial charge in [0.1, 0.15) is 11.6 Å². The van der Waals surface area contributed by atoms with E-state index < -0.39 is 5.97 Å². The molecule has 2 aromatic rings. The average molecular weight is 403 g/mol. The van der Waals surface area contributed by atoms with Crippen LogP contribution in [0.15, 0.2) is 55.1 Å². The molecule has 0 spiro atoms. The summed E-state index contributed by atoms with van der Waals surface area (Å²) in [7, 11) is 0. The maximum absolute atomic E-state index is 14.9. The van der Waals surface area contributed by atoms with Crippen LogP contribution in [0.3, 0.4) is 0 Å². The van der Waals surface area contributed by atoms with Crippen molar-refractivity contribution >= 4 is 5.97 Å². The third-order valence-corrected chi connectivity index (χ3v) is 6.86. The van der Waals surface area contributed by atoms with Gasteiger partial charge in [-0.25, -0.2) is 9.18 Å². The van der Waals surface area contributed by atoms with E-state index in [4.69, 9.17) is 10.00 Å². The Hall–Kier alpha value is -2.93. The summed E-state index contributed by atoms with van der Waals surface area (Å²) < 4.78 is 20.2. The molecule has 3 nitrogen and oxygen atoms in total. The molecule has 30 heavy (non-hydrogen) atoms. The summed E-state index contributed by atoms with van der Waals surface area (Å²) in [5.74, 6) is 1.67. The van der Waals surface area contributed by atoms with E-state index in [0.717, 1.165) is 25.2 Å². The lowest BCUT2D eigenvalue weighted by atomic mass is 9.64. The molecule has 4 heteroatoms. The van der Waals surface area contributed by atoms with Gasteiger partial charge in [-0.05, 0) is 104 Å². The number of nitriles is 1. The van der Waals surface area contributed by atoms with Gasteiger partial charge in [-0.2, -0.15) is 5.26 Å². The fraction of sp³-hybridized carbons (Fsp3) is 0.385. The number of carbonyl (C=O) groups is 1. The Bertz CT molecular complexity index is 976. The van der Waals surface area contributed by atoms with Gasteiger partial charge < -0.3 is 4.74 Å². The summed E-state index contributed by atoms with van der Waals surface area (Å²) in [5, 5.41) is 8.84. The van der Waals surface area contributed by atoms with Crippen molar-refractivity contribution in [2.45, 2.75) is 44.4 Å². The van der Waals surface area contributed by atoms with Crippen LogP contribution in [0.25, 0.3) is 0 Å². The third-order valence-electron chi connectivity index (χ3n) is 6.86. The Labute approximate surface area is 177 Å². The lowest BCUT2D eigenvalue weighted by molar-refractivity contribution is 0.0734. The molecule has 2 aliphatic carbocycles. The molecule has 4 rings (SSSR count). The molecule has 2 fully saturated rings. The number of ether oxygens (including phenoxy) is 1. The molecule has 0 N–H and O–H groups in total. The van der Waals surface area contributed by atoms with Crippen molar-refractivity contribution in [3.8, 4) is 11.8 Å². The second-order valence-electron chi connectivity index (χ2n) is 8.60. The van der Waals surface area contributed by atoms with Crippen LogP contribution in [0.4, 0.5) is 4.39 Å². The van der Waals surface area contributed by atoms with Gasteiger partial charge in [-0.15, -0.1) is 6.58 Å². The topological polar surface area (TPSA) is 50.1 Å². The Balaban J connectivity index is 1.42. The van der Waals surface area contributed by atoms with Crippen LogP contribution in [0, 0.1) is 34.9 Å². The Kier molecular flexibility index (Phi) is 5.99. The van der Waals surface area contributed by atoms with E-state index in [0.29, 0.717) is 28.7 Å². The first-order chi connectivity index (χ1) is 14.6. The van der Waals surface area contributed by atoms with Crippen LogP contribution in [0.1, 0.15) is 65.9 Å². The zero-order valence-electron chi connectivity index (χ0n) is 17.0. The maximum atomic E-state index is 14.9. The molecule has 2 saturated carbocycles. The number of benzene rings is 2. The highest BCUT2D eigenvalue weighted by molar-refractivity contribution is 5.91. The molecule has 0 radical (unpaired) electrons. The van der Waals surface area contributed by atoms with Crippen molar-refractivity contribution in [2.24, 2.45) is 17.8 Å². The van der Waals surface area contributed by atoms with Crippen molar-refractivity contribution in [3.63, 3.8) is 0 Å². The van der Waals surface area contributed by atoms with Crippen molar-refractivity contribution < 1.29 is 13.9 Å². The number of nitrogens with zero attached hydrogens (tertiary/aromatic N) is 1. The molecule has 0 aliphatic heterocycles. The largest absolute Gasteiger partial charge is 0.423 e. The Morgan fingerprint density at radius 2 is 1.80 bits per heavy atom. The molecule has 0 bridgehead atoms. The minimum atomic E-state index is -0.600. The van der Waals surface area contributed by atoms with Gasteiger partial charge >= 0.3 is 5.97 Å². The number of allylic oxidation sites excluding steroid dienone is 1. The minimum Gasteiger partial charge on any atom is -0.423 e. The van der Waals surface area contributed by atoms with Gasteiger partial charge in [0, 0.05) is 0 Å². The van der Waals surface area contributed by atoms with Gasteiger partial charge in [-0.1, -0.05) is 12.1 Å². The van der Waals surface area contributed by atoms with Gasteiger partial charge in [0.2, 0.25) is 0 Å². The predicted molar refractivity (Wildman–Crippen MR) is 114 cm³/mol. The van der Waals surface area contributed by atoms with Crippen molar-refractivity contribution in [1.29, 1.82) is 5.26 Å². The number of fused-ring (bicyclic) bond motifs is 1. The smallest absolute Gasteiger partial charge is 0.343 e. The first-order valence-electron chi connectivity index (χ1n) is 10.7. The number of hydrogen-bond acceptors (Lipinski definition) is 3. The SMILES string of the molecule is C=CC1CCC2CC(c3ccc(C(=O)Oc4ccc(C#N)cc4)cc3F)CCC2C1. The average Bonchev–Trinajstić information content (AvgIpc) is 2.78. The zero-order valence-corrected chi connectivity index (χ0v) is 17.0. The molecule has 4 unspecified atom stereocenters. The monoisotopic (exact) mass is 403 g/mol. The molecule has 154 valence electrons. The highest BCUT2D eigenvalue weighted by atomic mass is 19.1. The normalized spacial score (nSPS) is 25.6. The highest BCUT2D eigenvalue weighted by Crippen LogP contribution is 2.48. The summed E-state index contributed by atoms with van der Waals surface area (Å²) in [6, 6.07) is 13.0. The van der Waals surface area contributed by atoms with Crippen LogP contribution in [0.5, 0.6) is 5.75 Å². The van der Waals surface area contributed by atoms with Crippen LogP contribution in [-0.2, 0) is 0 Å². The maximum Gasteiger partial charge on any atom is 0.343 e. The molecule has 0 heterocycles. The van der Waals surface area contributed by atoms with Crippen molar-refractivity contribution in [3.05, 3.63) is 77.6 Å². The molecular weight excluding hydrogens is 377 g/mol. The van der Waals surface area contributed by atoms with Gasteiger partial charge in [0.15, 0.2) is 0 Å². The Morgan fingerprint density at radius 1 is 1.07 bits per heavy atom. The number of halogens is 1. The van der Waals surface area contributed by atoms with E-state index in [1.165, 1.54) is 25.3 Å². The zero-order chi connectivity index (χ0) is 21.1. The van der Waals surface area contributed by atoms with Crippen LogP contribution >= 0.6 is 0 Å². The third kappa shape index (κ3) is 4.31. The second kappa shape index (κ2) is 8.83. The summed E-state index contributed by atoms with van der Waals surface area (Å²) in [6.07, 6.45) is 8.88. The summed E-state index contributed by atoms with van der Waals surface area (Å²) >= 11 is 0. The van der Waals surface area contributed by atoms with E-state index in [1.54, 1.807) is 36.4 Å². The fourth-order valence-electron chi connectivity index (χ4n) is 5.17. The second-order valence-corrected chi connectivity index (χ2v) is 8.60. The van der Waals surface area contributed by atoms with Crippen molar-refractivity contribution in [2.75, 3.05) is 0 Å². The molecule has 0 saturated heterocycles. The van der Waals surface area contributed by atoms with Gasteiger partial charge in [0.25, 0.3) is 0 Å². The Morgan fingerprint density at radius 3 is 2.50 bits per heavy atom. The summed E-state index contributed by atoms with van der Waals surface area (Å²) in [5.41, 5.74) is 1.40. The fourth-order valence-corrected chi connectivity index (χ4v) is 5.17. The number of esters is 1. The quantitative estimate of drug-likeness (QED) is 0.337. The minimum absolute atomic E-state index is 0.195. The standard InChI is InChI=1S/C26H26FNO2/c1-2-17-3-6-20-14-21(8-7-19(20)13-17)24-12-9-22(15-25(24)27)26(29)30-23-10-4-18(16-28)5-11-23/h2,4-5,9-12,15,17,19-21H,1,3,6-8,13-14H2. The number of hydrogen-bond donors (Lipinski definition) is 0. The molecule has 0 aromatic heterocycles.